The van der Waals surface area contributed by atoms with Gasteiger partial charge in [-0.3, -0.25) is 19.1 Å². The predicted molar refractivity (Wildman–Crippen MR) is 146 cm³/mol. The summed E-state index contributed by atoms with van der Waals surface area (Å²) in [5, 5.41) is 9.70. The number of carbonyl (C=O) groups excluding carboxylic acids is 1. The van der Waals surface area contributed by atoms with Crippen molar-refractivity contribution >= 4 is 46.1 Å². The number of carbonyl (C=O) groups is 1. The van der Waals surface area contributed by atoms with Gasteiger partial charge in [-0.25, -0.2) is 0 Å². The number of anilines is 1. The molecule has 0 atom stereocenters. The minimum atomic E-state index is -0.307. The minimum Gasteiger partial charge on any atom is -0.357 e. The summed E-state index contributed by atoms with van der Waals surface area (Å²) in [6.07, 6.45) is 4.89. The average molecular weight is 507 g/mol. The molecular weight excluding hydrogens is 476 g/mol. The number of piperidine rings is 1. The van der Waals surface area contributed by atoms with E-state index in [1.54, 1.807) is 23.4 Å². The minimum absolute atomic E-state index is 0.0348. The number of rotatable bonds is 5. The Kier molecular flexibility index (Phi) is 7.48. The molecule has 1 amide bonds. The van der Waals surface area contributed by atoms with Crippen LogP contribution in [-0.2, 0) is 18.3 Å². The highest BCUT2D eigenvalue weighted by Gasteiger charge is 2.35. The second-order valence-corrected chi connectivity index (χ2v) is 11.2. The van der Waals surface area contributed by atoms with Gasteiger partial charge in [-0.05, 0) is 63.2 Å². The molecule has 6 nitrogen and oxygen atoms in total. The fourth-order valence-corrected chi connectivity index (χ4v) is 6.45. The number of hydrogen-bond donors (Lipinski definition) is 0. The zero-order valence-corrected chi connectivity index (χ0v) is 22.2. The van der Waals surface area contributed by atoms with E-state index in [2.05, 4.69) is 35.2 Å². The molecule has 2 fully saturated rings. The standard InChI is InChI=1S/C27H30N4O2S2/c1-17(2)31-26(33)23(35-27(31)34)15-21-18(3)22(16-28)25(32)29(4)24(21)30-12-10-20(11-13-30)14-19-8-6-5-7-9-19/h5-9,15,17,20H,10-14H2,1-4H3/b23-15-. The fourth-order valence-electron chi connectivity index (χ4n) is 4.95. The first-order valence-corrected chi connectivity index (χ1v) is 13.1. The van der Waals surface area contributed by atoms with Crippen LogP contribution < -0.4 is 10.5 Å². The molecule has 35 heavy (non-hydrogen) atoms. The molecule has 0 spiro atoms. The Morgan fingerprint density at radius 2 is 1.86 bits per heavy atom. The Hall–Kier alpha value is -2.89. The number of thioether (sulfide) groups is 1. The second-order valence-electron chi connectivity index (χ2n) is 9.48. The lowest BCUT2D eigenvalue weighted by Crippen LogP contribution is -2.39. The third kappa shape index (κ3) is 4.93. The zero-order valence-electron chi connectivity index (χ0n) is 20.6. The van der Waals surface area contributed by atoms with E-state index in [0.717, 1.165) is 43.7 Å². The van der Waals surface area contributed by atoms with Crippen LogP contribution >= 0.6 is 24.0 Å². The van der Waals surface area contributed by atoms with Crippen molar-refractivity contribution in [3.63, 3.8) is 0 Å². The van der Waals surface area contributed by atoms with E-state index in [1.165, 1.54) is 17.3 Å². The monoisotopic (exact) mass is 506 g/mol. The first-order chi connectivity index (χ1) is 16.7. The van der Waals surface area contributed by atoms with Gasteiger partial charge in [-0.2, -0.15) is 5.26 Å². The Morgan fingerprint density at radius 1 is 1.20 bits per heavy atom. The summed E-state index contributed by atoms with van der Waals surface area (Å²) >= 11 is 6.72. The maximum absolute atomic E-state index is 13.1. The van der Waals surface area contributed by atoms with Crippen molar-refractivity contribution in [1.29, 1.82) is 5.26 Å². The number of thiocarbonyl (C=S) groups is 1. The summed E-state index contributed by atoms with van der Waals surface area (Å²) in [6.45, 7) is 7.28. The van der Waals surface area contributed by atoms with Gasteiger partial charge in [-0.1, -0.05) is 54.3 Å². The molecule has 1 aromatic carbocycles. The van der Waals surface area contributed by atoms with Gasteiger partial charge in [0.05, 0.1) is 4.91 Å². The van der Waals surface area contributed by atoms with Crippen LogP contribution in [0.3, 0.4) is 0 Å². The quantitative estimate of drug-likeness (QED) is 0.435. The maximum Gasteiger partial charge on any atom is 0.270 e. The molecule has 2 aliphatic heterocycles. The molecule has 0 saturated carbocycles. The molecule has 182 valence electrons. The van der Waals surface area contributed by atoms with Crippen molar-refractivity contribution < 1.29 is 4.79 Å². The summed E-state index contributed by atoms with van der Waals surface area (Å²) in [7, 11) is 1.71. The van der Waals surface area contributed by atoms with Gasteiger partial charge in [0.2, 0.25) is 0 Å². The zero-order chi connectivity index (χ0) is 25.3. The SMILES string of the molecule is Cc1c(/C=C2\SC(=S)N(C(C)C)C2=O)c(N2CCC(Cc3ccccc3)CC2)n(C)c(=O)c1C#N. The van der Waals surface area contributed by atoms with Gasteiger partial charge in [-0.15, -0.1) is 0 Å². The molecule has 1 aromatic heterocycles. The number of nitriles is 1. The third-order valence-electron chi connectivity index (χ3n) is 6.86. The molecule has 0 radical (unpaired) electrons. The summed E-state index contributed by atoms with van der Waals surface area (Å²) in [5.41, 5.74) is 2.50. The largest absolute Gasteiger partial charge is 0.357 e. The number of nitrogens with zero attached hydrogens (tertiary/aromatic N) is 4. The summed E-state index contributed by atoms with van der Waals surface area (Å²) in [5.74, 6) is 1.21. The van der Waals surface area contributed by atoms with Crippen molar-refractivity contribution in [1.82, 2.24) is 9.47 Å². The Bertz CT molecular complexity index is 1280. The molecule has 0 aliphatic carbocycles. The summed E-state index contributed by atoms with van der Waals surface area (Å²) in [6, 6.07) is 12.6. The number of aromatic nitrogens is 1. The number of pyridine rings is 1. The van der Waals surface area contributed by atoms with Crippen molar-refractivity contribution in [3.8, 4) is 6.07 Å². The van der Waals surface area contributed by atoms with Gasteiger partial charge in [0.1, 0.15) is 21.8 Å². The van der Waals surface area contributed by atoms with Gasteiger partial charge in [0.15, 0.2) is 0 Å². The van der Waals surface area contributed by atoms with Crippen molar-refractivity contribution in [2.24, 2.45) is 13.0 Å². The molecule has 0 N–H and O–H groups in total. The topological polar surface area (TPSA) is 69.3 Å². The van der Waals surface area contributed by atoms with E-state index < -0.39 is 0 Å². The molecule has 4 rings (SSSR count). The van der Waals surface area contributed by atoms with Gasteiger partial charge in [0.25, 0.3) is 11.5 Å². The summed E-state index contributed by atoms with van der Waals surface area (Å²) in [4.78, 5) is 30.5. The van der Waals surface area contributed by atoms with E-state index >= 15 is 0 Å². The maximum atomic E-state index is 13.1. The smallest absolute Gasteiger partial charge is 0.270 e. The van der Waals surface area contributed by atoms with Crippen LogP contribution in [0, 0.1) is 24.2 Å². The van der Waals surface area contributed by atoms with E-state index in [1.807, 2.05) is 26.0 Å². The number of hydrogen-bond acceptors (Lipinski definition) is 6. The van der Waals surface area contributed by atoms with Crippen molar-refractivity contribution in [2.75, 3.05) is 18.0 Å². The lowest BCUT2D eigenvalue weighted by molar-refractivity contribution is -0.123. The highest BCUT2D eigenvalue weighted by Crippen LogP contribution is 2.37. The first kappa shape index (κ1) is 25.2. The highest BCUT2D eigenvalue weighted by molar-refractivity contribution is 8.26. The predicted octanol–water partition coefficient (Wildman–Crippen LogP) is 4.63. The Morgan fingerprint density at radius 3 is 2.43 bits per heavy atom. The lowest BCUT2D eigenvalue weighted by Gasteiger charge is -2.36. The molecule has 2 aliphatic rings. The second kappa shape index (κ2) is 10.4. The molecule has 0 bridgehead atoms. The van der Waals surface area contributed by atoms with Gasteiger partial charge in [0, 0.05) is 31.7 Å². The Labute approximate surface area is 216 Å². The summed E-state index contributed by atoms with van der Waals surface area (Å²) < 4.78 is 2.10. The molecule has 8 heteroatoms. The van der Waals surface area contributed by atoms with Crippen LogP contribution in [0.1, 0.15) is 48.9 Å². The van der Waals surface area contributed by atoms with Crippen LogP contribution in [0.4, 0.5) is 5.82 Å². The van der Waals surface area contributed by atoms with Gasteiger partial charge >= 0.3 is 0 Å². The molecule has 2 aromatic rings. The molecule has 3 heterocycles. The average Bonchev–Trinajstić information content (AvgIpc) is 3.12. The van der Waals surface area contributed by atoms with E-state index in [-0.39, 0.29) is 23.1 Å². The van der Waals surface area contributed by atoms with Gasteiger partial charge < -0.3 is 4.90 Å². The number of benzene rings is 1. The van der Waals surface area contributed by atoms with Crippen LogP contribution in [-0.4, -0.2) is 38.8 Å². The van der Waals surface area contributed by atoms with Crippen LogP contribution in [0.5, 0.6) is 0 Å². The highest BCUT2D eigenvalue weighted by atomic mass is 32.2. The van der Waals surface area contributed by atoms with Crippen molar-refractivity contribution in [2.45, 2.75) is 46.1 Å². The van der Waals surface area contributed by atoms with E-state index in [9.17, 15) is 14.9 Å². The van der Waals surface area contributed by atoms with Crippen LogP contribution in [0.15, 0.2) is 40.0 Å². The normalized spacial score (nSPS) is 18.1. The van der Waals surface area contributed by atoms with Crippen LogP contribution in [0.2, 0.25) is 0 Å². The molecule has 2 saturated heterocycles. The van der Waals surface area contributed by atoms with Crippen LogP contribution in [0.25, 0.3) is 6.08 Å². The third-order valence-corrected chi connectivity index (χ3v) is 8.19. The van der Waals surface area contributed by atoms with Crippen molar-refractivity contribution in [3.05, 3.63) is 67.8 Å². The lowest BCUT2D eigenvalue weighted by atomic mass is 9.90. The fraction of sp³-hybridized carbons (Fsp3) is 0.407. The van der Waals surface area contributed by atoms with E-state index in [4.69, 9.17) is 12.2 Å². The van der Waals surface area contributed by atoms with E-state index in [0.29, 0.717) is 20.7 Å². The number of amides is 1. The molecule has 0 unspecified atom stereocenters. The Balaban J connectivity index is 1.69. The molecular formula is C27H30N4O2S2. The first-order valence-electron chi connectivity index (χ1n) is 11.9.